The van der Waals surface area contributed by atoms with Crippen molar-refractivity contribution in [3.63, 3.8) is 0 Å². The van der Waals surface area contributed by atoms with Crippen molar-refractivity contribution < 1.29 is 38.2 Å². The molecule has 2 aliphatic heterocycles. The van der Waals surface area contributed by atoms with Crippen LogP contribution in [0, 0.1) is 25.7 Å². The molecule has 0 unspecified atom stereocenters. The topological polar surface area (TPSA) is 184 Å². The minimum absolute atomic E-state index is 0.00439. The first-order valence-electron chi connectivity index (χ1n) is 23.1. The monoisotopic (exact) mass is 1030 g/mol. The number of aryl methyl sites for hydroxylation is 2. The van der Waals surface area contributed by atoms with Crippen LogP contribution in [0.5, 0.6) is 11.5 Å². The van der Waals surface area contributed by atoms with Crippen LogP contribution in [0.15, 0.2) is 67.4 Å². The smallest absolute Gasteiger partial charge is 0.258 e. The second kappa shape index (κ2) is 20.6. The number of hydrogen-bond donors (Lipinski definition) is 2. The highest BCUT2D eigenvalue weighted by Gasteiger charge is 2.41. The van der Waals surface area contributed by atoms with Gasteiger partial charge in [0.05, 0.1) is 56.7 Å². The van der Waals surface area contributed by atoms with Gasteiger partial charge in [0, 0.05) is 67.0 Å². The van der Waals surface area contributed by atoms with Gasteiger partial charge in [-0.05, 0) is 115 Å². The summed E-state index contributed by atoms with van der Waals surface area (Å²) in [5, 5.41) is 6.80. The van der Waals surface area contributed by atoms with Crippen molar-refractivity contribution in [3.8, 4) is 11.5 Å². The van der Waals surface area contributed by atoms with Crippen molar-refractivity contribution in [1.82, 2.24) is 29.6 Å². The minimum Gasteiger partial charge on any atom is -0.496 e. The van der Waals surface area contributed by atoms with Crippen LogP contribution in [0.25, 0.3) is 6.08 Å². The molecule has 4 fully saturated rings. The van der Waals surface area contributed by atoms with E-state index in [1.54, 1.807) is 37.9 Å². The second-order valence-corrected chi connectivity index (χ2v) is 23.8. The average molecular weight is 1030 g/mol. The summed E-state index contributed by atoms with van der Waals surface area (Å²) in [4.78, 5) is 98.2. The predicted octanol–water partition coefficient (Wildman–Crippen LogP) is 8.26. The molecular weight excluding hydrogens is 969 g/mol. The lowest BCUT2D eigenvalue weighted by Crippen LogP contribution is -2.61. The van der Waals surface area contributed by atoms with E-state index in [9.17, 15) is 28.8 Å². The van der Waals surface area contributed by atoms with Gasteiger partial charge in [-0.3, -0.25) is 28.8 Å². The molecule has 0 radical (unpaired) electrons. The summed E-state index contributed by atoms with van der Waals surface area (Å²) in [6.07, 6.45) is 9.59. The molecule has 8 rings (SSSR count). The number of carbonyl (C=O) groups is 6. The third-order valence-electron chi connectivity index (χ3n) is 12.8. The molecule has 0 spiro atoms. The molecule has 2 saturated carbocycles. The lowest BCUT2D eigenvalue weighted by atomic mass is 9.96. The van der Waals surface area contributed by atoms with Crippen molar-refractivity contribution >= 4 is 98.0 Å². The standard InChI is InChI=1S/C50H58N8O8S4/c1-10-39(59)57-19-18-56(27-49(57,4)5)44(63)32-23-38(29(3)22-35(32)65-8)68-46-34(52-48(70-46)54-43(62)31-13-14-31)15-16-40(60)55-17-20-58(50(6,7)26-55)45(64)33-24-37(28(2)21-36(33)66-9)67-41-25-51-47(69-41)53-42(61)30-11-12-30/h10,15-16,21-25,30-31H,1,11-14,17-20,26-27H2,2-9H3,(H,51,53,61)(H,52,54,62)/b16-15-. The van der Waals surface area contributed by atoms with Gasteiger partial charge in [-0.2, -0.15) is 0 Å². The maximum absolute atomic E-state index is 14.5. The first-order valence-corrected chi connectivity index (χ1v) is 26.4. The highest BCUT2D eigenvalue weighted by molar-refractivity contribution is 8.01. The van der Waals surface area contributed by atoms with E-state index in [4.69, 9.17) is 14.5 Å². The van der Waals surface area contributed by atoms with E-state index < -0.39 is 11.1 Å². The van der Waals surface area contributed by atoms with Crippen molar-refractivity contribution in [2.45, 2.75) is 96.5 Å². The molecule has 0 atom stereocenters. The molecule has 16 nitrogen and oxygen atoms in total. The van der Waals surface area contributed by atoms with Crippen molar-refractivity contribution in [2.75, 3.05) is 64.1 Å². The van der Waals surface area contributed by atoms with E-state index >= 15 is 0 Å². The van der Waals surface area contributed by atoms with E-state index in [-0.39, 0.29) is 66.9 Å². The van der Waals surface area contributed by atoms with E-state index in [0.29, 0.717) is 62.4 Å². The Balaban J connectivity index is 0.978. The lowest BCUT2D eigenvalue weighted by Gasteiger charge is -2.47. The predicted molar refractivity (Wildman–Crippen MR) is 273 cm³/mol. The number of thiazole rings is 2. The summed E-state index contributed by atoms with van der Waals surface area (Å²) in [6.45, 7) is 17.1. The van der Waals surface area contributed by atoms with Crippen molar-refractivity contribution in [1.29, 1.82) is 0 Å². The summed E-state index contributed by atoms with van der Waals surface area (Å²) in [7, 11) is 3.06. The van der Waals surface area contributed by atoms with Crippen LogP contribution in [0.1, 0.15) is 90.9 Å². The molecule has 20 heteroatoms. The maximum Gasteiger partial charge on any atom is 0.258 e. The molecule has 4 aliphatic rings. The Kier molecular flexibility index (Phi) is 14.9. The highest BCUT2D eigenvalue weighted by atomic mass is 32.2. The van der Waals surface area contributed by atoms with Gasteiger partial charge in [0.25, 0.3) is 11.8 Å². The number of nitrogens with one attached hydrogen (secondary N) is 2. The zero-order chi connectivity index (χ0) is 50.2. The summed E-state index contributed by atoms with van der Waals surface area (Å²) in [5.41, 5.74) is 1.64. The number of nitrogens with zero attached hydrogens (tertiary/aromatic N) is 6. The van der Waals surface area contributed by atoms with Crippen LogP contribution >= 0.6 is 46.2 Å². The molecule has 2 aliphatic carbocycles. The summed E-state index contributed by atoms with van der Waals surface area (Å²) in [6, 6.07) is 7.32. The van der Waals surface area contributed by atoms with Gasteiger partial charge < -0.3 is 39.7 Å². The molecule has 2 saturated heterocycles. The van der Waals surface area contributed by atoms with Crippen LogP contribution in [0.3, 0.4) is 0 Å². The molecule has 370 valence electrons. The number of piperazine rings is 2. The average Bonchev–Trinajstić information content (AvgIpc) is 4.27. The molecule has 70 heavy (non-hydrogen) atoms. The van der Waals surface area contributed by atoms with Crippen LogP contribution in [0.4, 0.5) is 10.3 Å². The number of rotatable bonds is 15. The Bertz CT molecular complexity index is 2790. The number of methoxy groups -OCH3 is 2. The lowest BCUT2D eigenvalue weighted by molar-refractivity contribution is -0.134. The van der Waals surface area contributed by atoms with Gasteiger partial charge in [-0.15, -0.1) is 0 Å². The third-order valence-corrected chi connectivity index (χ3v) is 17.3. The normalized spacial score (nSPS) is 17.6. The van der Waals surface area contributed by atoms with Gasteiger partial charge in [0.2, 0.25) is 23.6 Å². The van der Waals surface area contributed by atoms with Crippen LogP contribution in [-0.2, 0) is 19.2 Å². The van der Waals surface area contributed by atoms with Crippen LogP contribution in [0.2, 0.25) is 0 Å². The Morgan fingerprint density at radius 3 is 1.83 bits per heavy atom. The minimum atomic E-state index is -0.760. The fourth-order valence-electron chi connectivity index (χ4n) is 8.58. The number of carbonyl (C=O) groups excluding carboxylic acids is 6. The largest absolute Gasteiger partial charge is 0.496 e. The van der Waals surface area contributed by atoms with Gasteiger partial charge in [0.1, 0.15) is 11.5 Å². The molecule has 4 heterocycles. The summed E-state index contributed by atoms with van der Waals surface area (Å²) in [5.74, 6) is -0.104. The SMILES string of the molecule is C=CC(=O)N1CCN(C(=O)c2cc(Sc3sc(NC(=O)C4CC4)nc3/C=C\C(=O)N3CCN(C(=O)c4cc(Sc5cnc(NC(=O)C6CC6)s5)c(C)cc4OC)C(C)(C)C3)c(C)cc2OC)CC1(C)C. The van der Waals surface area contributed by atoms with E-state index in [1.807, 2.05) is 59.7 Å². The first kappa shape index (κ1) is 50.7. The summed E-state index contributed by atoms with van der Waals surface area (Å²) >= 11 is 5.53. The molecule has 2 aromatic heterocycles. The zero-order valence-corrected chi connectivity index (χ0v) is 43.9. The van der Waals surface area contributed by atoms with Crippen molar-refractivity contribution in [3.05, 3.63) is 77.1 Å². The quantitative estimate of drug-likeness (QED) is 0.109. The highest BCUT2D eigenvalue weighted by Crippen LogP contribution is 2.43. The Labute approximate surface area is 424 Å². The zero-order valence-electron chi connectivity index (χ0n) is 40.6. The number of anilines is 2. The van der Waals surface area contributed by atoms with Gasteiger partial charge >= 0.3 is 0 Å². The molecule has 2 N–H and O–H groups in total. The van der Waals surface area contributed by atoms with Gasteiger partial charge in [-0.1, -0.05) is 52.8 Å². The number of benzene rings is 2. The second-order valence-electron chi connectivity index (χ2n) is 19.1. The molecule has 4 aromatic rings. The summed E-state index contributed by atoms with van der Waals surface area (Å²) < 4.78 is 13.0. The van der Waals surface area contributed by atoms with Crippen molar-refractivity contribution in [2.24, 2.45) is 11.8 Å². The molecular formula is C50H58N8O8S4. The third kappa shape index (κ3) is 11.2. The maximum atomic E-state index is 14.5. The molecule has 6 amide bonds. The van der Waals surface area contributed by atoms with Crippen LogP contribution < -0.4 is 20.1 Å². The Hall–Kier alpha value is -5.70. The van der Waals surface area contributed by atoms with Crippen LogP contribution in [-0.4, -0.2) is 130 Å². The Morgan fingerprint density at radius 1 is 0.714 bits per heavy atom. The number of amides is 6. The number of hydrogen-bond acceptors (Lipinski definition) is 14. The fourth-order valence-corrected chi connectivity index (χ4v) is 12.7. The Morgan fingerprint density at radius 2 is 1.26 bits per heavy atom. The van der Waals surface area contributed by atoms with E-state index in [0.717, 1.165) is 50.8 Å². The van der Waals surface area contributed by atoms with Gasteiger partial charge in [0.15, 0.2) is 10.3 Å². The van der Waals surface area contributed by atoms with E-state index in [1.165, 1.54) is 72.6 Å². The number of ether oxygens (including phenoxy) is 2. The van der Waals surface area contributed by atoms with E-state index in [2.05, 4.69) is 22.2 Å². The first-order chi connectivity index (χ1) is 33.3. The number of aromatic nitrogens is 2. The molecule has 0 bridgehead atoms. The molecule has 2 aromatic carbocycles. The fraction of sp³-hybridized carbons (Fsp3) is 0.440. The van der Waals surface area contributed by atoms with Gasteiger partial charge in [-0.25, -0.2) is 9.97 Å².